The molecule has 1 aliphatic heterocycles. The third-order valence-corrected chi connectivity index (χ3v) is 9.12. The number of imidazole rings is 1. The second-order valence-corrected chi connectivity index (χ2v) is 12.1. The highest BCUT2D eigenvalue weighted by Gasteiger charge is 2.55. The molecule has 1 aliphatic rings. The van der Waals surface area contributed by atoms with Gasteiger partial charge >= 0.3 is 12.0 Å². The number of carboxylic acid groups (broad SMARTS) is 1. The van der Waals surface area contributed by atoms with Crippen molar-refractivity contribution in [2.45, 2.75) is 64.3 Å². The molecule has 1 saturated heterocycles. The quantitative estimate of drug-likeness (QED) is 0.222. The number of nitrogens with zero attached hydrogens (tertiary/aromatic N) is 2. The van der Waals surface area contributed by atoms with Gasteiger partial charge in [0.25, 0.3) is 0 Å². The van der Waals surface area contributed by atoms with E-state index in [0.717, 1.165) is 18.5 Å². The van der Waals surface area contributed by atoms with Crippen LogP contribution in [-0.4, -0.2) is 61.4 Å². The Hall–Kier alpha value is -2.28. The van der Waals surface area contributed by atoms with Crippen LogP contribution in [0.4, 0.5) is 4.79 Å². The van der Waals surface area contributed by atoms with Gasteiger partial charge in [-0.25, -0.2) is 9.78 Å². The summed E-state index contributed by atoms with van der Waals surface area (Å²) in [6, 6.07) is 9.67. The molecule has 0 spiro atoms. The van der Waals surface area contributed by atoms with Crippen LogP contribution in [0.2, 0.25) is 0 Å². The summed E-state index contributed by atoms with van der Waals surface area (Å²) in [5, 5.41) is 10.0. The molecule has 3 N–H and O–H groups in total. The maximum Gasteiger partial charge on any atom is 0.521 e. The standard InChI is InChI=1S/C25H36N3O5P/c1-20-9-8-15-28(20,25(30)31)24(29)22(13-7-14-23-17-26-19-27-23)18-34(32,33)16-6-5-12-21-10-3-2-4-11-21/h2-4,10-11,17,19-20,22H,5-9,12-16,18H2,1H3,(H2-,26,27,30,31,32,33)/p+1/t20-,22?,28?/m1/s1. The molecule has 1 aromatic heterocycles. The number of imide groups is 1. The molecule has 3 unspecified atom stereocenters. The molecule has 34 heavy (non-hydrogen) atoms. The summed E-state index contributed by atoms with van der Waals surface area (Å²) < 4.78 is 12.5. The van der Waals surface area contributed by atoms with E-state index in [2.05, 4.69) is 9.97 Å². The molecule has 8 nitrogen and oxygen atoms in total. The van der Waals surface area contributed by atoms with E-state index in [1.165, 1.54) is 5.56 Å². The highest BCUT2D eigenvalue weighted by Crippen LogP contribution is 2.46. The lowest BCUT2D eigenvalue weighted by Gasteiger charge is -2.33. The number of unbranched alkanes of at least 4 members (excludes halogenated alkanes) is 1. The van der Waals surface area contributed by atoms with Crippen LogP contribution < -0.4 is 0 Å². The summed E-state index contributed by atoms with van der Waals surface area (Å²) in [6.07, 6.45) is 7.34. The predicted molar refractivity (Wildman–Crippen MR) is 131 cm³/mol. The summed E-state index contributed by atoms with van der Waals surface area (Å²) in [5.74, 6) is -1.18. The summed E-state index contributed by atoms with van der Waals surface area (Å²) in [6.45, 7) is 2.04. The number of amides is 2. The van der Waals surface area contributed by atoms with E-state index in [4.69, 9.17) is 0 Å². The minimum Gasteiger partial charge on any atom is -0.435 e. The number of likely N-dealkylation sites (tertiary alicyclic amines) is 1. The lowest BCUT2D eigenvalue weighted by atomic mass is 9.99. The third-order valence-electron chi connectivity index (χ3n) is 7.09. The van der Waals surface area contributed by atoms with Gasteiger partial charge < -0.3 is 15.0 Å². The Balaban J connectivity index is 1.65. The third kappa shape index (κ3) is 6.65. The Kier molecular flexibility index (Phi) is 9.23. The van der Waals surface area contributed by atoms with Gasteiger partial charge in [0.15, 0.2) is 0 Å². The minimum absolute atomic E-state index is 0.146. The van der Waals surface area contributed by atoms with E-state index in [-0.39, 0.29) is 24.9 Å². The maximum absolute atomic E-state index is 13.6. The number of nitrogens with one attached hydrogen (secondary N) is 1. The molecule has 9 heteroatoms. The minimum atomic E-state index is -3.59. The van der Waals surface area contributed by atoms with Crippen LogP contribution in [-0.2, 0) is 22.2 Å². The van der Waals surface area contributed by atoms with Crippen LogP contribution in [0.15, 0.2) is 42.9 Å². The average Bonchev–Trinajstić information content (AvgIpc) is 3.46. The monoisotopic (exact) mass is 490 g/mol. The molecule has 0 saturated carbocycles. The number of aromatic nitrogens is 2. The Morgan fingerprint density at radius 2 is 1.97 bits per heavy atom. The first-order chi connectivity index (χ1) is 16.2. The fourth-order valence-electron chi connectivity index (χ4n) is 5.13. The van der Waals surface area contributed by atoms with Crippen LogP contribution in [0.1, 0.15) is 56.7 Å². The van der Waals surface area contributed by atoms with Gasteiger partial charge in [0.2, 0.25) is 7.37 Å². The Morgan fingerprint density at radius 1 is 1.21 bits per heavy atom. The summed E-state index contributed by atoms with van der Waals surface area (Å²) in [5.41, 5.74) is 2.12. The van der Waals surface area contributed by atoms with E-state index in [0.29, 0.717) is 38.5 Å². The number of carbonyl (C=O) groups is 2. The van der Waals surface area contributed by atoms with Gasteiger partial charge in [-0.2, -0.15) is 9.28 Å². The number of H-pyrrole nitrogens is 1. The van der Waals surface area contributed by atoms with Crippen molar-refractivity contribution in [3.05, 3.63) is 54.1 Å². The van der Waals surface area contributed by atoms with Crippen LogP contribution in [0.3, 0.4) is 0 Å². The molecule has 1 fully saturated rings. The zero-order valence-electron chi connectivity index (χ0n) is 19.9. The largest absolute Gasteiger partial charge is 0.521 e. The highest BCUT2D eigenvalue weighted by atomic mass is 31.2. The zero-order chi connectivity index (χ0) is 24.6. The number of hydrogen-bond acceptors (Lipinski definition) is 4. The molecule has 186 valence electrons. The van der Waals surface area contributed by atoms with E-state index >= 15 is 0 Å². The van der Waals surface area contributed by atoms with E-state index in [1.807, 2.05) is 30.3 Å². The average molecular weight is 491 g/mol. The van der Waals surface area contributed by atoms with Gasteiger partial charge in [-0.05, 0) is 51.0 Å². The van der Waals surface area contributed by atoms with Crippen LogP contribution in [0.25, 0.3) is 0 Å². The second kappa shape index (κ2) is 11.9. The van der Waals surface area contributed by atoms with Crippen molar-refractivity contribution >= 4 is 19.4 Å². The first kappa shape index (κ1) is 26.3. The summed E-state index contributed by atoms with van der Waals surface area (Å²) in [7, 11) is -3.59. The zero-order valence-corrected chi connectivity index (χ0v) is 20.8. The molecule has 0 bridgehead atoms. The fourth-order valence-corrected chi connectivity index (χ4v) is 7.06. The Morgan fingerprint density at radius 3 is 2.59 bits per heavy atom. The van der Waals surface area contributed by atoms with Crippen molar-refractivity contribution in [3.8, 4) is 0 Å². The van der Waals surface area contributed by atoms with E-state index in [1.54, 1.807) is 19.4 Å². The molecule has 1 aromatic carbocycles. The lowest BCUT2D eigenvalue weighted by molar-refractivity contribution is -0.794. The molecular weight excluding hydrogens is 453 g/mol. The first-order valence-electron chi connectivity index (χ1n) is 12.2. The van der Waals surface area contributed by atoms with Crippen LogP contribution in [0.5, 0.6) is 0 Å². The fraction of sp³-hybridized carbons (Fsp3) is 0.560. The first-order valence-corrected chi connectivity index (χ1v) is 14.3. The van der Waals surface area contributed by atoms with Gasteiger partial charge in [0.05, 0.1) is 18.8 Å². The van der Waals surface area contributed by atoms with Crippen molar-refractivity contribution in [1.82, 2.24) is 9.97 Å². The SMILES string of the molecule is C[C@@H]1CCC[N+]1(C(=O)O)C(=O)C(CCCc1cnc[nH]1)CP(=O)(O)CCCCc1ccccc1. The summed E-state index contributed by atoms with van der Waals surface area (Å²) in [4.78, 5) is 43.7. The van der Waals surface area contributed by atoms with Gasteiger partial charge in [0.1, 0.15) is 6.04 Å². The van der Waals surface area contributed by atoms with Gasteiger partial charge in [0, 0.05) is 37.1 Å². The Labute approximate surface area is 201 Å². The molecule has 3 rings (SSSR count). The van der Waals surface area contributed by atoms with Crippen molar-refractivity contribution < 1.29 is 28.6 Å². The molecule has 2 amide bonds. The smallest absolute Gasteiger partial charge is 0.435 e. The van der Waals surface area contributed by atoms with Crippen molar-refractivity contribution in [3.63, 3.8) is 0 Å². The van der Waals surface area contributed by atoms with Gasteiger partial charge in [-0.3, -0.25) is 4.57 Å². The molecule has 0 aliphatic carbocycles. The van der Waals surface area contributed by atoms with Gasteiger partial charge in [-0.1, -0.05) is 30.3 Å². The molecule has 2 heterocycles. The van der Waals surface area contributed by atoms with Crippen LogP contribution >= 0.6 is 7.37 Å². The number of carbonyl (C=O) groups excluding carboxylic acids is 1. The molecule has 4 atom stereocenters. The number of aromatic amines is 1. The number of hydrogen-bond donors (Lipinski definition) is 3. The normalized spacial score (nSPS) is 22.8. The predicted octanol–water partition coefficient (Wildman–Crippen LogP) is 4.85. The number of rotatable bonds is 12. The second-order valence-electron chi connectivity index (χ2n) is 9.57. The molecule has 2 aromatic rings. The lowest BCUT2D eigenvalue weighted by Crippen LogP contribution is -2.61. The highest BCUT2D eigenvalue weighted by molar-refractivity contribution is 7.58. The van der Waals surface area contributed by atoms with Crippen molar-refractivity contribution in [1.29, 1.82) is 0 Å². The summed E-state index contributed by atoms with van der Waals surface area (Å²) >= 11 is 0. The topological polar surface area (TPSA) is 120 Å². The van der Waals surface area contributed by atoms with Gasteiger partial charge in [-0.15, -0.1) is 0 Å². The number of aryl methyl sites for hydroxylation is 2. The molecular formula is C25H37N3O5P+. The van der Waals surface area contributed by atoms with Crippen LogP contribution in [0, 0.1) is 5.92 Å². The molecule has 0 radical (unpaired) electrons. The van der Waals surface area contributed by atoms with E-state index in [9.17, 15) is 24.2 Å². The number of quaternary nitrogens is 1. The van der Waals surface area contributed by atoms with E-state index < -0.39 is 29.8 Å². The van der Waals surface area contributed by atoms with Crippen molar-refractivity contribution in [2.75, 3.05) is 18.9 Å². The maximum atomic E-state index is 13.6. The Bertz CT molecular complexity index is 982. The number of benzene rings is 1. The van der Waals surface area contributed by atoms with Crippen molar-refractivity contribution in [2.24, 2.45) is 5.92 Å².